The first kappa shape index (κ1) is 28.7. The highest BCUT2D eigenvalue weighted by Crippen LogP contribution is 2.35. The third-order valence-electron chi connectivity index (χ3n) is 8.83. The van der Waals surface area contributed by atoms with Gasteiger partial charge in [-0.3, -0.25) is 19.7 Å². The number of nitrogens with zero attached hydrogens (tertiary/aromatic N) is 3. The molecule has 3 heterocycles. The molecule has 1 atom stereocenters. The van der Waals surface area contributed by atoms with Crippen LogP contribution in [0.3, 0.4) is 0 Å². The van der Waals surface area contributed by atoms with Gasteiger partial charge in [0, 0.05) is 67.2 Å². The number of benzene rings is 2. The SMILES string of the molecule is CCc1cc(N)c(OC)cc1N1CCC(N(C)CCCNc2cccc3c2CN(C2CCC(=O)NC2=O)C3=O)CC1. The van der Waals surface area contributed by atoms with E-state index in [2.05, 4.69) is 40.5 Å². The average molecular weight is 563 g/mol. The van der Waals surface area contributed by atoms with Gasteiger partial charge >= 0.3 is 0 Å². The van der Waals surface area contributed by atoms with E-state index in [9.17, 15) is 14.4 Å². The second-order valence-corrected chi connectivity index (χ2v) is 11.3. The first-order valence-corrected chi connectivity index (χ1v) is 14.7. The van der Waals surface area contributed by atoms with Crippen molar-refractivity contribution in [3.05, 3.63) is 47.0 Å². The van der Waals surface area contributed by atoms with E-state index in [1.54, 1.807) is 12.0 Å². The molecule has 10 nitrogen and oxygen atoms in total. The van der Waals surface area contributed by atoms with E-state index >= 15 is 0 Å². The summed E-state index contributed by atoms with van der Waals surface area (Å²) >= 11 is 0. The Morgan fingerprint density at radius 3 is 2.63 bits per heavy atom. The summed E-state index contributed by atoms with van der Waals surface area (Å²) in [5.41, 5.74) is 11.8. The van der Waals surface area contributed by atoms with Gasteiger partial charge in [0.25, 0.3) is 5.91 Å². The van der Waals surface area contributed by atoms with Gasteiger partial charge in [-0.05, 0) is 69.5 Å². The van der Waals surface area contributed by atoms with Crippen molar-refractivity contribution in [3.8, 4) is 5.75 Å². The molecule has 2 saturated heterocycles. The molecule has 2 aromatic carbocycles. The van der Waals surface area contributed by atoms with Gasteiger partial charge in [-0.1, -0.05) is 13.0 Å². The van der Waals surface area contributed by atoms with Crippen molar-refractivity contribution in [1.29, 1.82) is 0 Å². The fraction of sp³-hybridized carbons (Fsp3) is 0.516. The Bertz CT molecular complexity index is 1310. The summed E-state index contributed by atoms with van der Waals surface area (Å²) in [5.74, 6) is -0.0695. The van der Waals surface area contributed by atoms with Gasteiger partial charge in [0.15, 0.2) is 0 Å². The lowest BCUT2D eigenvalue weighted by atomic mass is 10.0. The van der Waals surface area contributed by atoms with Gasteiger partial charge in [-0.25, -0.2) is 0 Å². The molecule has 0 saturated carbocycles. The van der Waals surface area contributed by atoms with Gasteiger partial charge in [0.2, 0.25) is 11.8 Å². The molecule has 2 aromatic rings. The monoisotopic (exact) mass is 562 g/mol. The second kappa shape index (κ2) is 12.4. The van der Waals surface area contributed by atoms with E-state index in [-0.39, 0.29) is 24.1 Å². The minimum absolute atomic E-state index is 0.146. The molecule has 4 N–H and O–H groups in total. The topological polar surface area (TPSA) is 120 Å². The number of imide groups is 1. The maximum atomic E-state index is 13.1. The van der Waals surface area contributed by atoms with E-state index in [1.165, 1.54) is 11.3 Å². The Labute approximate surface area is 242 Å². The van der Waals surface area contributed by atoms with Crippen LogP contribution < -0.4 is 26.0 Å². The Hall–Kier alpha value is -3.79. The first-order chi connectivity index (χ1) is 19.8. The van der Waals surface area contributed by atoms with Gasteiger partial charge < -0.3 is 30.5 Å². The lowest BCUT2D eigenvalue weighted by Crippen LogP contribution is -2.52. The molecular formula is C31H42N6O4. The number of fused-ring (bicyclic) bond motifs is 1. The molecular weight excluding hydrogens is 520 g/mol. The van der Waals surface area contributed by atoms with Gasteiger partial charge in [-0.15, -0.1) is 0 Å². The van der Waals surface area contributed by atoms with Crippen LogP contribution in [0.1, 0.15) is 60.5 Å². The number of piperidine rings is 2. The fourth-order valence-electron chi connectivity index (χ4n) is 6.42. The van der Waals surface area contributed by atoms with Crippen LogP contribution in [0.25, 0.3) is 0 Å². The highest BCUT2D eigenvalue weighted by atomic mass is 16.5. The number of methoxy groups -OCH3 is 1. The maximum Gasteiger partial charge on any atom is 0.255 e. The molecule has 3 aliphatic rings. The smallest absolute Gasteiger partial charge is 0.255 e. The number of nitrogens with one attached hydrogen (secondary N) is 2. The van der Waals surface area contributed by atoms with Crippen LogP contribution in [0.5, 0.6) is 5.75 Å². The number of nitrogens with two attached hydrogens (primary N) is 1. The van der Waals surface area contributed by atoms with E-state index < -0.39 is 6.04 Å². The number of carbonyl (C=O) groups is 3. The van der Waals surface area contributed by atoms with Crippen LogP contribution in [0, 0.1) is 0 Å². The van der Waals surface area contributed by atoms with Crippen molar-refractivity contribution in [2.45, 2.75) is 64.1 Å². The Morgan fingerprint density at radius 1 is 1.15 bits per heavy atom. The summed E-state index contributed by atoms with van der Waals surface area (Å²) in [4.78, 5) is 43.5. The molecule has 0 aliphatic carbocycles. The lowest BCUT2D eigenvalue weighted by Gasteiger charge is -2.38. The number of anilines is 3. The summed E-state index contributed by atoms with van der Waals surface area (Å²) < 4.78 is 5.48. The largest absolute Gasteiger partial charge is 0.495 e. The van der Waals surface area contributed by atoms with Crippen molar-refractivity contribution in [2.75, 3.05) is 56.3 Å². The zero-order valence-electron chi connectivity index (χ0n) is 24.4. The molecule has 41 heavy (non-hydrogen) atoms. The van der Waals surface area contributed by atoms with Crippen molar-refractivity contribution >= 4 is 34.8 Å². The minimum Gasteiger partial charge on any atom is -0.495 e. The van der Waals surface area contributed by atoms with Crippen LogP contribution in [-0.4, -0.2) is 79.9 Å². The molecule has 1 unspecified atom stereocenters. The molecule has 3 amide bonds. The predicted molar refractivity (Wildman–Crippen MR) is 160 cm³/mol. The van der Waals surface area contributed by atoms with Crippen LogP contribution in [-0.2, 0) is 22.6 Å². The normalized spacial score (nSPS) is 19.5. The summed E-state index contributed by atoms with van der Waals surface area (Å²) in [5, 5.41) is 5.90. The van der Waals surface area contributed by atoms with E-state index in [4.69, 9.17) is 10.5 Å². The zero-order chi connectivity index (χ0) is 29.1. The van der Waals surface area contributed by atoms with Crippen LogP contribution in [0.4, 0.5) is 17.1 Å². The zero-order valence-corrected chi connectivity index (χ0v) is 24.4. The second-order valence-electron chi connectivity index (χ2n) is 11.3. The lowest BCUT2D eigenvalue weighted by molar-refractivity contribution is -0.136. The fourth-order valence-corrected chi connectivity index (χ4v) is 6.42. The summed E-state index contributed by atoms with van der Waals surface area (Å²) in [6.45, 7) is 6.31. The Morgan fingerprint density at radius 2 is 1.93 bits per heavy atom. The highest BCUT2D eigenvalue weighted by Gasteiger charge is 2.39. The molecule has 3 aliphatic heterocycles. The standard InChI is InChI=1S/C31H42N6O4/c1-4-20-17-24(32)28(41-3)18-27(20)36-15-11-21(12-16-36)35(2)14-6-13-33-25-8-5-7-22-23(25)19-37(31(22)40)26-9-10-29(38)34-30(26)39/h5,7-8,17-18,21,26,33H,4,6,9-16,19,32H2,1-3H3,(H,34,38,39). The quantitative estimate of drug-likeness (QED) is 0.230. The van der Waals surface area contributed by atoms with Crippen LogP contribution >= 0.6 is 0 Å². The molecule has 0 bridgehead atoms. The predicted octanol–water partition coefficient (Wildman–Crippen LogP) is 3.00. The third-order valence-corrected chi connectivity index (χ3v) is 8.83. The molecule has 10 heteroatoms. The number of hydrogen-bond donors (Lipinski definition) is 3. The minimum atomic E-state index is -0.601. The highest BCUT2D eigenvalue weighted by molar-refractivity contribution is 6.06. The summed E-state index contributed by atoms with van der Waals surface area (Å²) in [6, 6.07) is 9.76. The summed E-state index contributed by atoms with van der Waals surface area (Å²) in [6.07, 6.45) is 4.73. The molecule has 0 spiro atoms. The van der Waals surface area contributed by atoms with E-state index in [0.29, 0.717) is 30.3 Å². The van der Waals surface area contributed by atoms with Gasteiger partial charge in [0.1, 0.15) is 11.8 Å². The Kier molecular flexibility index (Phi) is 8.68. The van der Waals surface area contributed by atoms with Crippen LogP contribution in [0.2, 0.25) is 0 Å². The maximum absolute atomic E-state index is 13.1. The number of amides is 3. The molecule has 0 aromatic heterocycles. The van der Waals surface area contributed by atoms with Crippen LogP contribution in [0.15, 0.2) is 30.3 Å². The van der Waals surface area contributed by atoms with Crippen molar-refractivity contribution in [1.82, 2.24) is 15.1 Å². The number of aryl methyl sites for hydroxylation is 1. The first-order valence-electron chi connectivity index (χ1n) is 14.7. The number of nitrogen functional groups attached to an aromatic ring is 1. The van der Waals surface area contributed by atoms with Crippen molar-refractivity contribution in [2.24, 2.45) is 0 Å². The number of ether oxygens (including phenoxy) is 1. The summed E-state index contributed by atoms with van der Waals surface area (Å²) in [7, 11) is 3.87. The number of hydrogen-bond acceptors (Lipinski definition) is 8. The molecule has 0 radical (unpaired) electrons. The molecule has 220 valence electrons. The van der Waals surface area contributed by atoms with E-state index in [1.807, 2.05) is 24.3 Å². The molecule has 5 rings (SSSR count). The number of carbonyl (C=O) groups excluding carboxylic acids is 3. The van der Waals surface area contributed by atoms with Crippen molar-refractivity contribution < 1.29 is 19.1 Å². The molecule has 2 fully saturated rings. The van der Waals surface area contributed by atoms with Crippen molar-refractivity contribution in [3.63, 3.8) is 0 Å². The van der Waals surface area contributed by atoms with Gasteiger partial charge in [-0.2, -0.15) is 0 Å². The Balaban J connectivity index is 1.11. The van der Waals surface area contributed by atoms with Gasteiger partial charge in [0.05, 0.1) is 12.8 Å². The number of rotatable bonds is 10. The average Bonchev–Trinajstić information content (AvgIpc) is 3.31. The van der Waals surface area contributed by atoms with E-state index in [0.717, 1.165) is 68.9 Å². The third kappa shape index (κ3) is 5.98.